The zero-order valence-electron chi connectivity index (χ0n) is 17.4. The predicted molar refractivity (Wildman–Crippen MR) is 117 cm³/mol. The quantitative estimate of drug-likeness (QED) is 0.491. The Kier molecular flexibility index (Phi) is 5.18. The Morgan fingerprint density at radius 3 is 2.67 bits per heavy atom. The molecule has 7 nitrogen and oxygen atoms in total. The molecule has 154 valence electrons. The number of benzene rings is 2. The first-order valence-corrected chi connectivity index (χ1v) is 9.74. The summed E-state index contributed by atoms with van der Waals surface area (Å²) in [5.41, 5.74) is 4.67. The van der Waals surface area contributed by atoms with Gasteiger partial charge in [-0.1, -0.05) is 18.2 Å². The van der Waals surface area contributed by atoms with Crippen LogP contribution in [0.2, 0.25) is 0 Å². The van der Waals surface area contributed by atoms with Crippen molar-refractivity contribution in [3.05, 3.63) is 59.7 Å². The zero-order valence-corrected chi connectivity index (χ0v) is 17.4. The van der Waals surface area contributed by atoms with Crippen LogP contribution in [0.3, 0.4) is 0 Å². The number of hydrogen-bond acceptors (Lipinski definition) is 4. The average Bonchev–Trinajstić information content (AvgIpc) is 3.34. The average molecular weight is 404 g/mol. The number of nitrogens with one attached hydrogen (secondary N) is 2. The van der Waals surface area contributed by atoms with Gasteiger partial charge in [-0.3, -0.25) is 9.89 Å². The standard InChI is InChI=1S/C23H24N4O3/c1-5-27-19-9-7-6-8-16(19)14(2)22(27)18-13-21(26-25-18)24-23(28)17-11-10-15(29-3)12-20(17)30-4/h6-13H,5H2,1-4H3,(H2,24,25,26,28). The maximum atomic E-state index is 12.8. The Balaban J connectivity index is 1.65. The molecule has 4 rings (SSSR count). The summed E-state index contributed by atoms with van der Waals surface area (Å²) >= 11 is 0. The molecule has 1 amide bonds. The third-order valence-corrected chi connectivity index (χ3v) is 5.27. The molecule has 0 aliphatic rings. The van der Waals surface area contributed by atoms with Crippen LogP contribution in [0.25, 0.3) is 22.3 Å². The number of H-pyrrole nitrogens is 1. The molecule has 0 spiro atoms. The van der Waals surface area contributed by atoms with E-state index in [0.717, 1.165) is 17.9 Å². The van der Waals surface area contributed by atoms with E-state index in [2.05, 4.69) is 46.1 Å². The van der Waals surface area contributed by atoms with E-state index in [0.29, 0.717) is 22.9 Å². The first-order valence-electron chi connectivity index (χ1n) is 9.74. The molecule has 0 aliphatic heterocycles. The topological polar surface area (TPSA) is 81.2 Å². The Bertz CT molecular complexity index is 1220. The van der Waals surface area contributed by atoms with Crippen molar-refractivity contribution in [3.63, 3.8) is 0 Å². The summed E-state index contributed by atoms with van der Waals surface area (Å²) in [4.78, 5) is 12.8. The summed E-state index contributed by atoms with van der Waals surface area (Å²) in [5.74, 6) is 1.19. The number of rotatable bonds is 6. The Morgan fingerprint density at radius 1 is 1.13 bits per heavy atom. The fourth-order valence-electron chi connectivity index (χ4n) is 3.83. The van der Waals surface area contributed by atoms with E-state index >= 15 is 0 Å². The van der Waals surface area contributed by atoms with E-state index in [1.807, 2.05) is 18.2 Å². The lowest BCUT2D eigenvalue weighted by Crippen LogP contribution is -2.13. The lowest BCUT2D eigenvalue weighted by atomic mass is 10.1. The van der Waals surface area contributed by atoms with Crippen molar-refractivity contribution < 1.29 is 14.3 Å². The highest BCUT2D eigenvalue weighted by Crippen LogP contribution is 2.33. The molecule has 0 saturated carbocycles. The second-order valence-corrected chi connectivity index (χ2v) is 6.92. The molecule has 2 N–H and O–H groups in total. The molecule has 30 heavy (non-hydrogen) atoms. The molecule has 0 aliphatic carbocycles. The number of nitrogens with zero attached hydrogens (tertiary/aromatic N) is 2. The number of aromatic amines is 1. The molecule has 2 heterocycles. The summed E-state index contributed by atoms with van der Waals surface area (Å²) in [6.45, 7) is 5.04. The third kappa shape index (κ3) is 3.28. The van der Waals surface area contributed by atoms with Gasteiger partial charge in [-0.2, -0.15) is 5.10 Å². The van der Waals surface area contributed by atoms with Gasteiger partial charge in [-0.05, 0) is 37.6 Å². The minimum Gasteiger partial charge on any atom is -0.497 e. The lowest BCUT2D eigenvalue weighted by molar-refractivity contribution is 0.102. The van der Waals surface area contributed by atoms with Gasteiger partial charge in [0.1, 0.15) is 11.5 Å². The van der Waals surface area contributed by atoms with Gasteiger partial charge in [0.05, 0.1) is 31.2 Å². The van der Waals surface area contributed by atoms with E-state index in [-0.39, 0.29) is 5.91 Å². The molecule has 0 unspecified atom stereocenters. The molecule has 0 bridgehead atoms. The van der Waals surface area contributed by atoms with Crippen LogP contribution in [-0.2, 0) is 6.54 Å². The minimum absolute atomic E-state index is 0.305. The van der Waals surface area contributed by atoms with Crippen molar-refractivity contribution in [2.45, 2.75) is 20.4 Å². The molecular weight excluding hydrogens is 380 g/mol. The highest BCUT2D eigenvalue weighted by atomic mass is 16.5. The van der Waals surface area contributed by atoms with E-state index in [4.69, 9.17) is 9.47 Å². The molecule has 7 heteroatoms. The number of para-hydroxylation sites is 1. The second kappa shape index (κ2) is 7.94. The summed E-state index contributed by atoms with van der Waals surface area (Å²) < 4.78 is 12.8. The van der Waals surface area contributed by atoms with Crippen molar-refractivity contribution in [2.24, 2.45) is 0 Å². The first-order chi connectivity index (χ1) is 14.6. The maximum absolute atomic E-state index is 12.8. The molecule has 2 aromatic carbocycles. The number of ether oxygens (including phenoxy) is 2. The fourth-order valence-corrected chi connectivity index (χ4v) is 3.83. The van der Waals surface area contributed by atoms with E-state index in [1.165, 1.54) is 23.6 Å². The van der Waals surface area contributed by atoms with Gasteiger partial charge >= 0.3 is 0 Å². The smallest absolute Gasteiger partial charge is 0.260 e. The minimum atomic E-state index is -0.305. The lowest BCUT2D eigenvalue weighted by Gasteiger charge is -2.09. The van der Waals surface area contributed by atoms with Crippen molar-refractivity contribution in [3.8, 4) is 22.9 Å². The number of fused-ring (bicyclic) bond motifs is 1. The van der Waals surface area contributed by atoms with Gasteiger partial charge in [0, 0.05) is 29.6 Å². The van der Waals surface area contributed by atoms with Gasteiger partial charge in [-0.25, -0.2) is 0 Å². The number of carbonyl (C=O) groups excluding carboxylic acids is 1. The number of anilines is 1. The largest absolute Gasteiger partial charge is 0.497 e. The number of methoxy groups -OCH3 is 2. The number of aryl methyl sites for hydroxylation is 2. The molecule has 0 radical (unpaired) electrons. The van der Waals surface area contributed by atoms with Crippen molar-refractivity contribution >= 4 is 22.6 Å². The highest BCUT2D eigenvalue weighted by Gasteiger charge is 2.18. The highest BCUT2D eigenvalue weighted by molar-refractivity contribution is 6.06. The monoisotopic (exact) mass is 404 g/mol. The third-order valence-electron chi connectivity index (χ3n) is 5.27. The van der Waals surface area contributed by atoms with Crippen molar-refractivity contribution in [2.75, 3.05) is 19.5 Å². The number of amides is 1. The van der Waals surface area contributed by atoms with Crippen LogP contribution in [0, 0.1) is 6.92 Å². The molecule has 4 aromatic rings. The van der Waals surface area contributed by atoms with Crippen LogP contribution in [0.1, 0.15) is 22.8 Å². The first kappa shape index (κ1) is 19.6. The number of hydrogen-bond donors (Lipinski definition) is 2. The van der Waals surface area contributed by atoms with E-state index in [9.17, 15) is 4.79 Å². The fraction of sp³-hybridized carbons (Fsp3) is 0.217. The molecular formula is C23H24N4O3. The Labute approximate surface area is 174 Å². The van der Waals surface area contributed by atoms with Crippen molar-refractivity contribution in [1.82, 2.24) is 14.8 Å². The van der Waals surface area contributed by atoms with Crippen LogP contribution in [0.5, 0.6) is 11.5 Å². The maximum Gasteiger partial charge on any atom is 0.260 e. The van der Waals surface area contributed by atoms with Gasteiger partial charge in [-0.15, -0.1) is 0 Å². The summed E-state index contributed by atoms with van der Waals surface area (Å²) in [5, 5.41) is 11.4. The van der Waals surface area contributed by atoms with E-state index in [1.54, 1.807) is 25.3 Å². The summed E-state index contributed by atoms with van der Waals surface area (Å²) in [6.07, 6.45) is 0. The molecule has 2 aromatic heterocycles. The van der Waals surface area contributed by atoms with Crippen LogP contribution in [0.15, 0.2) is 48.5 Å². The van der Waals surface area contributed by atoms with Gasteiger partial charge < -0.3 is 19.4 Å². The number of carbonyl (C=O) groups is 1. The van der Waals surface area contributed by atoms with Crippen LogP contribution >= 0.6 is 0 Å². The number of aromatic nitrogens is 3. The molecule has 0 fully saturated rings. The van der Waals surface area contributed by atoms with Gasteiger partial charge in [0.25, 0.3) is 5.91 Å². The summed E-state index contributed by atoms with van der Waals surface area (Å²) in [7, 11) is 3.09. The normalized spacial score (nSPS) is 10.9. The van der Waals surface area contributed by atoms with Crippen LogP contribution < -0.4 is 14.8 Å². The Morgan fingerprint density at radius 2 is 1.93 bits per heavy atom. The van der Waals surface area contributed by atoms with Gasteiger partial charge in [0.15, 0.2) is 5.82 Å². The van der Waals surface area contributed by atoms with Crippen LogP contribution in [-0.4, -0.2) is 34.9 Å². The zero-order chi connectivity index (χ0) is 21.3. The van der Waals surface area contributed by atoms with Crippen LogP contribution in [0.4, 0.5) is 5.82 Å². The van der Waals surface area contributed by atoms with Crippen molar-refractivity contribution in [1.29, 1.82) is 0 Å². The molecule has 0 saturated heterocycles. The molecule has 0 atom stereocenters. The predicted octanol–water partition coefficient (Wildman–Crippen LogP) is 4.63. The second-order valence-electron chi connectivity index (χ2n) is 6.92. The SMILES string of the molecule is CCn1c(-c2cc(NC(=O)c3ccc(OC)cc3OC)n[nH]2)c(C)c2ccccc21. The summed E-state index contributed by atoms with van der Waals surface area (Å²) in [6, 6.07) is 15.2. The Hall–Kier alpha value is -3.74. The van der Waals surface area contributed by atoms with E-state index < -0.39 is 0 Å². The van der Waals surface area contributed by atoms with Gasteiger partial charge in [0.2, 0.25) is 0 Å².